The molecule has 0 saturated carbocycles. The van der Waals surface area contributed by atoms with E-state index in [1.165, 1.54) is 0 Å². The van der Waals surface area contributed by atoms with Gasteiger partial charge in [0.1, 0.15) is 11.4 Å². The zero-order valence-electron chi connectivity index (χ0n) is 14.5. The van der Waals surface area contributed by atoms with Crippen LogP contribution in [0.1, 0.15) is 11.3 Å². The molecule has 0 radical (unpaired) electrons. The van der Waals surface area contributed by atoms with Crippen molar-refractivity contribution in [1.29, 1.82) is 0 Å². The lowest BCUT2D eigenvalue weighted by molar-refractivity contribution is 0.388. The van der Waals surface area contributed by atoms with Gasteiger partial charge in [-0.05, 0) is 45.3 Å². The van der Waals surface area contributed by atoms with Crippen LogP contribution >= 0.6 is 0 Å². The minimum Gasteiger partial charge on any atom is -0.508 e. The normalized spacial score (nSPS) is 11.9. The molecule has 0 aliphatic rings. The summed E-state index contributed by atoms with van der Waals surface area (Å²) >= 11 is 0. The maximum absolute atomic E-state index is 10.4. The summed E-state index contributed by atoms with van der Waals surface area (Å²) in [5, 5.41) is 20.2. The second kappa shape index (κ2) is 6.45. The van der Waals surface area contributed by atoms with E-state index < -0.39 is 0 Å². The number of fused-ring (bicyclic) bond motifs is 1. The first-order chi connectivity index (χ1) is 11.5. The first-order valence-electron chi connectivity index (χ1n) is 7.90. The molecule has 3 rings (SSSR count). The third kappa shape index (κ3) is 2.90. The van der Waals surface area contributed by atoms with Crippen LogP contribution in [-0.4, -0.2) is 28.7 Å². The SMILES string of the molecule is Cc1c(N=Nc2ccccc2)c2c(CN(C)C)c(O)ccc2n1C. The van der Waals surface area contributed by atoms with Crippen molar-refractivity contribution in [3.63, 3.8) is 0 Å². The molecule has 3 aromatic rings. The minimum atomic E-state index is 0.290. The van der Waals surface area contributed by atoms with Gasteiger partial charge in [0.15, 0.2) is 0 Å². The number of phenolic OH excluding ortho intramolecular Hbond substituents is 1. The van der Waals surface area contributed by atoms with Gasteiger partial charge in [-0.25, -0.2) is 0 Å². The maximum atomic E-state index is 10.4. The average molecular weight is 322 g/mol. The molecule has 2 aromatic carbocycles. The molecule has 0 atom stereocenters. The predicted octanol–water partition coefficient (Wildman–Crippen LogP) is 4.67. The fourth-order valence-corrected chi connectivity index (χ4v) is 2.89. The lowest BCUT2D eigenvalue weighted by atomic mass is 10.1. The van der Waals surface area contributed by atoms with E-state index in [0.717, 1.165) is 33.5 Å². The summed E-state index contributed by atoms with van der Waals surface area (Å²) in [7, 11) is 5.98. The monoisotopic (exact) mass is 322 g/mol. The Hall–Kier alpha value is -2.66. The largest absolute Gasteiger partial charge is 0.508 e. The number of hydrogen-bond donors (Lipinski definition) is 1. The number of benzene rings is 2. The van der Waals surface area contributed by atoms with Crippen LogP contribution in [-0.2, 0) is 13.6 Å². The molecule has 0 amide bonds. The van der Waals surface area contributed by atoms with Gasteiger partial charge in [-0.3, -0.25) is 0 Å². The molecule has 1 aromatic heterocycles. The quantitative estimate of drug-likeness (QED) is 0.710. The van der Waals surface area contributed by atoms with Crippen LogP contribution in [0.4, 0.5) is 11.4 Å². The molecule has 0 fully saturated rings. The third-order valence-corrected chi connectivity index (χ3v) is 4.21. The molecule has 0 spiro atoms. The summed E-state index contributed by atoms with van der Waals surface area (Å²) in [5.74, 6) is 0.290. The van der Waals surface area contributed by atoms with E-state index in [9.17, 15) is 5.11 Å². The van der Waals surface area contributed by atoms with Crippen molar-refractivity contribution in [3.05, 3.63) is 53.7 Å². The van der Waals surface area contributed by atoms with E-state index >= 15 is 0 Å². The molecule has 24 heavy (non-hydrogen) atoms. The van der Waals surface area contributed by atoms with Crippen molar-refractivity contribution in [2.45, 2.75) is 13.5 Å². The van der Waals surface area contributed by atoms with Gasteiger partial charge in [-0.15, -0.1) is 5.11 Å². The highest BCUT2D eigenvalue weighted by molar-refractivity contribution is 5.97. The maximum Gasteiger partial charge on any atom is 0.120 e. The lowest BCUT2D eigenvalue weighted by Gasteiger charge is -2.13. The number of azo groups is 1. The summed E-state index contributed by atoms with van der Waals surface area (Å²) in [6, 6.07) is 13.3. The van der Waals surface area contributed by atoms with Crippen molar-refractivity contribution in [2.75, 3.05) is 14.1 Å². The number of aromatic hydroxyl groups is 1. The second-order valence-corrected chi connectivity index (χ2v) is 6.22. The molecule has 0 bridgehead atoms. The fraction of sp³-hybridized carbons (Fsp3) is 0.263. The smallest absolute Gasteiger partial charge is 0.120 e. The lowest BCUT2D eigenvalue weighted by Crippen LogP contribution is -2.11. The molecular formula is C19H22N4O. The summed E-state index contributed by atoms with van der Waals surface area (Å²) < 4.78 is 2.09. The van der Waals surface area contributed by atoms with E-state index in [1.807, 2.05) is 69.4 Å². The zero-order chi connectivity index (χ0) is 17.3. The van der Waals surface area contributed by atoms with Gasteiger partial charge in [-0.1, -0.05) is 18.2 Å². The van der Waals surface area contributed by atoms with Crippen molar-refractivity contribution in [2.24, 2.45) is 17.3 Å². The highest BCUT2D eigenvalue weighted by atomic mass is 16.3. The summed E-state index contributed by atoms with van der Waals surface area (Å²) in [5.41, 5.74) is 4.56. The van der Waals surface area contributed by atoms with Gasteiger partial charge < -0.3 is 14.6 Å². The summed E-state index contributed by atoms with van der Waals surface area (Å²) in [4.78, 5) is 2.04. The zero-order valence-corrected chi connectivity index (χ0v) is 14.5. The van der Waals surface area contributed by atoms with Gasteiger partial charge in [0.2, 0.25) is 0 Å². The van der Waals surface area contributed by atoms with Crippen LogP contribution in [0.3, 0.4) is 0 Å². The number of hydrogen-bond acceptors (Lipinski definition) is 4. The number of rotatable bonds is 4. The van der Waals surface area contributed by atoms with E-state index in [1.54, 1.807) is 6.07 Å². The highest BCUT2D eigenvalue weighted by Crippen LogP contribution is 2.39. The molecule has 124 valence electrons. The molecule has 0 aliphatic carbocycles. The van der Waals surface area contributed by atoms with Crippen LogP contribution < -0.4 is 0 Å². The molecule has 0 unspecified atom stereocenters. The molecule has 5 nitrogen and oxygen atoms in total. The van der Waals surface area contributed by atoms with E-state index in [-0.39, 0.29) is 5.75 Å². The Morgan fingerprint density at radius 1 is 1.04 bits per heavy atom. The topological polar surface area (TPSA) is 53.1 Å². The summed E-state index contributed by atoms with van der Waals surface area (Å²) in [6.07, 6.45) is 0. The van der Waals surface area contributed by atoms with E-state index in [4.69, 9.17) is 0 Å². The van der Waals surface area contributed by atoms with Crippen LogP contribution in [0.5, 0.6) is 5.75 Å². The Balaban J connectivity index is 2.21. The van der Waals surface area contributed by atoms with Gasteiger partial charge in [0.25, 0.3) is 0 Å². The van der Waals surface area contributed by atoms with Crippen molar-refractivity contribution >= 4 is 22.3 Å². The Morgan fingerprint density at radius 2 is 1.75 bits per heavy atom. The highest BCUT2D eigenvalue weighted by Gasteiger charge is 2.18. The molecule has 1 N–H and O–H groups in total. The molecular weight excluding hydrogens is 300 g/mol. The van der Waals surface area contributed by atoms with Crippen molar-refractivity contribution in [3.8, 4) is 5.75 Å². The van der Waals surface area contributed by atoms with Crippen LogP contribution in [0.15, 0.2) is 52.7 Å². The number of aromatic nitrogens is 1. The molecule has 5 heteroatoms. The number of nitrogens with zero attached hydrogens (tertiary/aromatic N) is 4. The Labute approximate surface area is 141 Å². The van der Waals surface area contributed by atoms with Gasteiger partial charge in [0.05, 0.1) is 11.2 Å². The molecule has 0 aliphatic heterocycles. The molecule has 1 heterocycles. The van der Waals surface area contributed by atoms with Crippen molar-refractivity contribution in [1.82, 2.24) is 9.47 Å². The Morgan fingerprint density at radius 3 is 2.42 bits per heavy atom. The van der Waals surface area contributed by atoms with E-state index in [0.29, 0.717) is 6.54 Å². The summed E-state index contributed by atoms with van der Waals surface area (Å²) in [6.45, 7) is 2.66. The van der Waals surface area contributed by atoms with Gasteiger partial charge >= 0.3 is 0 Å². The van der Waals surface area contributed by atoms with Crippen molar-refractivity contribution < 1.29 is 5.11 Å². The average Bonchev–Trinajstić information content (AvgIpc) is 2.80. The minimum absolute atomic E-state index is 0.290. The van der Waals surface area contributed by atoms with E-state index in [2.05, 4.69) is 14.8 Å². The molecule has 0 saturated heterocycles. The fourth-order valence-electron chi connectivity index (χ4n) is 2.89. The van der Waals surface area contributed by atoms with Gasteiger partial charge in [0, 0.05) is 30.2 Å². The van der Waals surface area contributed by atoms with Crippen LogP contribution in [0, 0.1) is 6.92 Å². The number of phenols is 1. The Kier molecular flexibility index (Phi) is 4.36. The predicted molar refractivity (Wildman–Crippen MR) is 97.3 cm³/mol. The standard InChI is InChI=1S/C19H22N4O/c1-13-19(21-20-14-8-6-5-7-9-14)18-15(12-22(2)3)17(24)11-10-16(18)23(13)4/h5-11,24H,12H2,1-4H3. The second-order valence-electron chi connectivity index (χ2n) is 6.22. The third-order valence-electron chi connectivity index (χ3n) is 4.21. The first kappa shape index (κ1) is 16.2. The first-order valence-corrected chi connectivity index (χ1v) is 7.90. The number of aryl methyl sites for hydroxylation is 1. The van der Waals surface area contributed by atoms with Gasteiger partial charge in [-0.2, -0.15) is 5.11 Å². The van der Waals surface area contributed by atoms with Crippen LogP contribution in [0.25, 0.3) is 10.9 Å². The Bertz CT molecular complexity index is 895. The van der Waals surface area contributed by atoms with Crippen LogP contribution in [0.2, 0.25) is 0 Å².